The number of carbonyl (C=O) groups excluding carboxylic acids is 1. The predicted molar refractivity (Wildman–Crippen MR) is 69.7 cm³/mol. The highest BCUT2D eigenvalue weighted by Gasteiger charge is 2.53. The monoisotopic (exact) mass is 269 g/mol. The standard InChI is InChI=1S/C14H23NO4/c1-14(2,3)19-13(18)15-11(12(16)17)7-10-8-5-4-6-9(8)10/h8-11H,4-7H2,1-3H3,(H,15,18)(H,16,17)/t8-,9+,10+,11-/m0/s1. The summed E-state index contributed by atoms with van der Waals surface area (Å²) in [6.07, 6.45) is 3.58. The maximum absolute atomic E-state index is 11.6. The largest absolute Gasteiger partial charge is 0.480 e. The molecule has 5 nitrogen and oxygen atoms in total. The molecule has 0 radical (unpaired) electrons. The Labute approximate surface area is 113 Å². The molecule has 0 aliphatic heterocycles. The molecule has 0 aromatic heterocycles. The van der Waals surface area contributed by atoms with Gasteiger partial charge in [0, 0.05) is 0 Å². The number of ether oxygens (including phenoxy) is 1. The van der Waals surface area contributed by atoms with E-state index in [2.05, 4.69) is 5.32 Å². The van der Waals surface area contributed by atoms with Gasteiger partial charge in [0.1, 0.15) is 11.6 Å². The second-order valence-corrected chi connectivity index (χ2v) is 6.70. The van der Waals surface area contributed by atoms with Crippen LogP contribution in [0.3, 0.4) is 0 Å². The number of hydrogen-bond acceptors (Lipinski definition) is 3. The van der Waals surface area contributed by atoms with E-state index < -0.39 is 23.7 Å². The summed E-state index contributed by atoms with van der Waals surface area (Å²) in [5.74, 6) is 0.894. The van der Waals surface area contributed by atoms with E-state index in [4.69, 9.17) is 4.74 Å². The second-order valence-electron chi connectivity index (χ2n) is 6.70. The number of alkyl carbamates (subject to hydrolysis) is 1. The van der Waals surface area contributed by atoms with Crippen LogP contribution in [-0.2, 0) is 9.53 Å². The van der Waals surface area contributed by atoms with E-state index in [1.807, 2.05) is 0 Å². The Kier molecular flexibility index (Phi) is 3.74. The van der Waals surface area contributed by atoms with Crippen molar-refractivity contribution in [1.82, 2.24) is 5.32 Å². The van der Waals surface area contributed by atoms with Crippen LogP contribution in [0.5, 0.6) is 0 Å². The fourth-order valence-corrected chi connectivity index (χ4v) is 3.26. The third-order valence-electron chi connectivity index (χ3n) is 4.08. The number of aliphatic carboxylic acids is 1. The SMILES string of the molecule is CC(C)(C)OC(=O)N[C@@H](C[C@H]1[C@@H]2CCC[C@@H]21)C(=O)O. The maximum Gasteiger partial charge on any atom is 0.408 e. The van der Waals surface area contributed by atoms with Gasteiger partial charge in [0.25, 0.3) is 0 Å². The number of hydrogen-bond donors (Lipinski definition) is 2. The molecule has 5 heteroatoms. The summed E-state index contributed by atoms with van der Waals surface area (Å²) in [6.45, 7) is 5.27. The van der Waals surface area contributed by atoms with Gasteiger partial charge in [-0.3, -0.25) is 0 Å². The van der Waals surface area contributed by atoms with Gasteiger partial charge in [-0.1, -0.05) is 6.42 Å². The van der Waals surface area contributed by atoms with Crippen LogP contribution in [0.2, 0.25) is 0 Å². The average molecular weight is 269 g/mol. The first-order chi connectivity index (χ1) is 8.78. The average Bonchev–Trinajstić information content (AvgIpc) is 2.70. The van der Waals surface area contributed by atoms with Gasteiger partial charge in [-0.15, -0.1) is 0 Å². The summed E-state index contributed by atoms with van der Waals surface area (Å²) in [6, 6.07) is -0.828. The van der Waals surface area contributed by atoms with Gasteiger partial charge in [0.2, 0.25) is 0 Å². The van der Waals surface area contributed by atoms with Crippen LogP contribution < -0.4 is 5.32 Å². The van der Waals surface area contributed by atoms with E-state index in [0.29, 0.717) is 24.2 Å². The quantitative estimate of drug-likeness (QED) is 0.821. The molecule has 0 heterocycles. The third-order valence-corrected chi connectivity index (χ3v) is 4.08. The van der Waals surface area contributed by atoms with Crippen LogP contribution in [0.15, 0.2) is 0 Å². The summed E-state index contributed by atoms with van der Waals surface area (Å²) in [7, 11) is 0. The smallest absolute Gasteiger partial charge is 0.408 e. The zero-order valence-corrected chi connectivity index (χ0v) is 11.8. The fraction of sp³-hybridized carbons (Fsp3) is 0.857. The summed E-state index contributed by atoms with van der Waals surface area (Å²) >= 11 is 0. The van der Waals surface area contributed by atoms with Crippen molar-refractivity contribution in [2.24, 2.45) is 17.8 Å². The van der Waals surface area contributed by atoms with E-state index >= 15 is 0 Å². The highest BCUT2D eigenvalue weighted by atomic mass is 16.6. The Morgan fingerprint density at radius 2 is 1.89 bits per heavy atom. The maximum atomic E-state index is 11.6. The minimum atomic E-state index is -0.976. The van der Waals surface area contributed by atoms with Crippen LogP contribution in [0, 0.1) is 17.8 Å². The van der Waals surface area contributed by atoms with Gasteiger partial charge in [0.05, 0.1) is 0 Å². The van der Waals surface area contributed by atoms with Crippen LogP contribution in [0.25, 0.3) is 0 Å². The van der Waals surface area contributed by atoms with Crippen LogP contribution in [-0.4, -0.2) is 28.8 Å². The molecule has 2 fully saturated rings. The first-order valence-corrected chi connectivity index (χ1v) is 7.00. The molecule has 4 atom stereocenters. The normalized spacial score (nSPS) is 30.4. The summed E-state index contributed by atoms with van der Waals surface area (Å²) < 4.78 is 5.10. The minimum Gasteiger partial charge on any atom is -0.480 e. The Hall–Kier alpha value is -1.26. The van der Waals surface area contributed by atoms with Gasteiger partial charge < -0.3 is 15.2 Å². The van der Waals surface area contributed by atoms with Crippen molar-refractivity contribution in [1.29, 1.82) is 0 Å². The first-order valence-electron chi connectivity index (χ1n) is 7.00. The predicted octanol–water partition coefficient (Wildman–Crippen LogP) is 2.40. The molecule has 0 spiro atoms. The van der Waals surface area contributed by atoms with E-state index in [1.54, 1.807) is 20.8 Å². The molecule has 0 saturated heterocycles. The van der Waals surface area contributed by atoms with Crippen LogP contribution >= 0.6 is 0 Å². The topological polar surface area (TPSA) is 75.6 Å². The Bertz CT molecular complexity index is 364. The molecule has 0 aromatic rings. The number of carbonyl (C=O) groups is 2. The molecule has 1 amide bonds. The summed E-state index contributed by atoms with van der Waals surface area (Å²) in [5, 5.41) is 11.7. The van der Waals surface area contributed by atoms with Crippen molar-refractivity contribution >= 4 is 12.1 Å². The molecular weight excluding hydrogens is 246 g/mol. The van der Waals surface area contributed by atoms with E-state index in [0.717, 1.165) is 0 Å². The molecule has 0 aromatic carbocycles. The minimum absolute atomic E-state index is 0.477. The van der Waals surface area contributed by atoms with Crippen molar-refractivity contribution in [3.63, 3.8) is 0 Å². The van der Waals surface area contributed by atoms with Crippen molar-refractivity contribution in [3.05, 3.63) is 0 Å². The van der Waals surface area contributed by atoms with Crippen LogP contribution in [0.1, 0.15) is 46.5 Å². The molecule has 108 valence electrons. The van der Waals surface area contributed by atoms with Gasteiger partial charge in [-0.2, -0.15) is 0 Å². The molecule has 2 saturated carbocycles. The molecule has 2 aliphatic carbocycles. The first kappa shape index (κ1) is 14.2. The Balaban J connectivity index is 1.83. The van der Waals surface area contributed by atoms with Gasteiger partial charge >= 0.3 is 12.1 Å². The van der Waals surface area contributed by atoms with Crippen molar-refractivity contribution in [2.45, 2.75) is 58.1 Å². The lowest BCUT2D eigenvalue weighted by Gasteiger charge is -2.22. The zero-order valence-electron chi connectivity index (χ0n) is 11.8. The second kappa shape index (κ2) is 5.02. The highest BCUT2D eigenvalue weighted by Crippen LogP contribution is 2.59. The lowest BCUT2D eigenvalue weighted by molar-refractivity contribution is -0.139. The lowest BCUT2D eigenvalue weighted by Crippen LogP contribution is -2.43. The Morgan fingerprint density at radius 1 is 1.32 bits per heavy atom. The third kappa shape index (κ3) is 3.61. The summed E-state index contributed by atoms with van der Waals surface area (Å²) in [5.41, 5.74) is -0.608. The molecule has 2 N–H and O–H groups in total. The molecule has 0 bridgehead atoms. The van der Waals surface area contributed by atoms with E-state index in [1.165, 1.54) is 19.3 Å². The molecule has 19 heavy (non-hydrogen) atoms. The number of amides is 1. The summed E-state index contributed by atoms with van der Waals surface area (Å²) in [4.78, 5) is 22.8. The van der Waals surface area contributed by atoms with Crippen molar-refractivity contribution in [2.75, 3.05) is 0 Å². The van der Waals surface area contributed by atoms with Crippen LogP contribution in [0.4, 0.5) is 4.79 Å². The van der Waals surface area contributed by atoms with E-state index in [-0.39, 0.29) is 0 Å². The van der Waals surface area contributed by atoms with Gasteiger partial charge in [0.15, 0.2) is 0 Å². The number of carboxylic acids is 1. The zero-order chi connectivity index (χ0) is 14.2. The molecule has 0 unspecified atom stereocenters. The number of rotatable bonds is 4. The lowest BCUT2D eigenvalue weighted by atomic mass is 10.0. The molecule has 2 rings (SSSR count). The van der Waals surface area contributed by atoms with E-state index in [9.17, 15) is 14.7 Å². The fourth-order valence-electron chi connectivity index (χ4n) is 3.26. The number of fused-ring (bicyclic) bond motifs is 1. The molecular formula is C14H23NO4. The number of carboxylic acid groups (broad SMARTS) is 1. The molecule has 2 aliphatic rings. The Morgan fingerprint density at radius 3 is 2.37 bits per heavy atom. The highest BCUT2D eigenvalue weighted by molar-refractivity contribution is 5.80. The van der Waals surface area contributed by atoms with Crippen molar-refractivity contribution in [3.8, 4) is 0 Å². The van der Waals surface area contributed by atoms with Crippen molar-refractivity contribution < 1.29 is 19.4 Å². The number of nitrogens with one attached hydrogen (secondary N) is 1. The van der Waals surface area contributed by atoms with Gasteiger partial charge in [-0.05, 0) is 57.8 Å². The van der Waals surface area contributed by atoms with Gasteiger partial charge in [-0.25, -0.2) is 9.59 Å².